The molecule has 0 saturated heterocycles. The Kier molecular flexibility index (Phi) is 4.94. The van der Waals surface area contributed by atoms with Crippen molar-refractivity contribution in [3.8, 4) is 0 Å². The maximum absolute atomic E-state index is 12.8. The molecule has 1 atom stereocenters. The van der Waals surface area contributed by atoms with E-state index in [1.165, 1.54) is 11.8 Å². The molecule has 7 heteroatoms. The Balaban J connectivity index is 1.50. The van der Waals surface area contributed by atoms with Crippen LogP contribution in [0.4, 0.5) is 5.69 Å². The third-order valence-electron chi connectivity index (χ3n) is 4.55. The largest absolute Gasteiger partial charge is 0.324 e. The first-order valence-corrected chi connectivity index (χ1v) is 9.90. The van der Waals surface area contributed by atoms with Crippen LogP contribution in [0.2, 0.25) is 0 Å². The highest BCUT2D eigenvalue weighted by molar-refractivity contribution is 8.00. The highest BCUT2D eigenvalue weighted by atomic mass is 32.2. The maximum atomic E-state index is 12.8. The number of fused-ring (bicyclic) bond motifs is 1. The van der Waals surface area contributed by atoms with E-state index in [1.807, 2.05) is 43.3 Å². The van der Waals surface area contributed by atoms with E-state index in [1.54, 1.807) is 6.20 Å². The van der Waals surface area contributed by atoms with Crippen LogP contribution < -0.4 is 5.32 Å². The first-order valence-electron chi connectivity index (χ1n) is 9.02. The van der Waals surface area contributed by atoms with Gasteiger partial charge >= 0.3 is 0 Å². The number of anilines is 1. The summed E-state index contributed by atoms with van der Waals surface area (Å²) in [5, 5.41) is 13.1. The van der Waals surface area contributed by atoms with Crippen LogP contribution in [0, 0.1) is 0 Å². The number of carbonyl (C=O) groups excluding carboxylic acids is 1. The number of thioether (sulfide) groups is 1. The molecule has 138 valence electrons. The Labute approximate surface area is 162 Å². The van der Waals surface area contributed by atoms with Gasteiger partial charge in [0.15, 0.2) is 5.16 Å². The van der Waals surface area contributed by atoms with Crippen molar-refractivity contribution in [1.82, 2.24) is 19.7 Å². The molecule has 2 heterocycles. The Bertz CT molecular complexity index is 990. The molecule has 1 aromatic carbocycles. The molecule has 0 radical (unpaired) electrons. The van der Waals surface area contributed by atoms with Gasteiger partial charge in [-0.1, -0.05) is 23.9 Å². The number of allylic oxidation sites excluding steroid dienone is 1. The summed E-state index contributed by atoms with van der Waals surface area (Å²) in [7, 11) is 0. The number of hydrogen-bond acceptors (Lipinski definition) is 5. The minimum atomic E-state index is -0.309. The van der Waals surface area contributed by atoms with Gasteiger partial charge in [-0.2, -0.15) is 0 Å². The standard InChI is InChI=1S/C20H21N5OS/c1-3-12-25-18(14-9-10-14)23-24-20(25)27-13(2)19(26)22-17-8-4-7-16-15(17)6-5-11-21-16/h3-8,11,13-14H,1,9-10,12H2,2H3,(H,22,26). The number of benzene rings is 1. The quantitative estimate of drug-likeness (QED) is 0.496. The topological polar surface area (TPSA) is 72.7 Å². The molecule has 1 unspecified atom stereocenters. The van der Waals surface area contributed by atoms with Gasteiger partial charge in [-0.15, -0.1) is 16.8 Å². The predicted octanol–water partition coefficient (Wildman–Crippen LogP) is 4.01. The minimum absolute atomic E-state index is 0.0718. The molecule has 1 aliphatic rings. The molecule has 0 aliphatic heterocycles. The zero-order valence-electron chi connectivity index (χ0n) is 15.1. The van der Waals surface area contributed by atoms with Crippen molar-refractivity contribution in [2.24, 2.45) is 0 Å². The highest BCUT2D eigenvalue weighted by Crippen LogP contribution is 2.40. The highest BCUT2D eigenvalue weighted by Gasteiger charge is 2.31. The van der Waals surface area contributed by atoms with Crippen LogP contribution in [0.3, 0.4) is 0 Å². The van der Waals surface area contributed by atoms with Gasteiger partial charge in [-0.05, 0) is 44.0 Å². The smallest absolute Gasteiger partial charge is 0.237 e. The molecule has 6 nitrogen and oxygen atoms in total. The van der Waals surface area contributed by atoms with E-state index in [-0.39, 0.29) is 11.2 Å². The first kappa shape index (κ1) is 17.7. The van der Waals surface area contributed by atoms with Crippen molar-refractivity contribution >= 4 is 34.3 Å². The molecule has 1 fully saturated rings. The fourth-order valence-corrected chi connectivity index (χ4v) is 3.86. The van der Waals surface area contributed by atoms with E-state index in [0.717, 1.165) is 40.4 Å². The Morgan fingerprint density at radius 3 is 3.00 bits per heavy atom. The number of amides is 1. The fourth-order valence-electron chi connectivity index (χ4n) is 2.99. The van der Waals surface area contributed by atoms with E-state index < -0.39 is 0 Å². The van der Waals surface area contributed by atoms with Gasteiger partial charge in [0.1, 0.15) is 5.82 Å². The molecule has 27 heavy (non-hydrogen) atoms. The summed E-state index contributed by atoms with van der Waals surface area (Å²) in [5.74, 6) is 1.43. The minimum Gasteiger partial charge on any atom is -0.324 e. The normalized spacial score (nSPS) is 14.9. The Morgan fingerprint density at radius 1 is 1.37 bits per heavy atom. The van der Waals surface area contributed by atoms with Gasteiger partial charge < -0.3 is 9.88 Å². The number of carbonyl (C=O) groups is 1. The van der Waals surface area contributed by atoms with Gasteiger partial charge in [0.05, 0.1) is 16.5 Å². The fraction of sp³-hybridized carbons (Fsp3) is 0.300. The zero-order valence-corrected chi connectivity index (χ0v) is 15.9. The van der Waals surface area contributed by atoms with Gasteiger partial charge in [0.25, 0.3) is 0 Å². The van der Waals surface area contributed by atoms with Gasteiger partial charge in [0.2, 0.25) is 5.91 Å². The molecule has 1 N–H and O–H groups in total. The summed E-state index contributed by atoms with van der Waals surface area (Å²) in [4.78, 5) is 17.1. The van der Waals surface area contributed by atoms with E-state index in [0.29, 0.717) is 12.5 Å². The van der Waals surface area contributed by atoms with Crippen LogP contribution in [-0.4, -0.2) is 30.9 Å². The molecule has 3 aromatic rings. The van der Waals surface area contributed by atoms with Gasteiger partial charge in [-0.3, -0.25) is 9.78 Å². The van der Waals surface area contributed by atoms with E-state index >= 15 is 0 Å². The molecule has 0 spiro atoms. The first-order chi connectivity index (χ1) is 13.2. The van der Waals surface area contributed by atoms with E-state index in [2.05, 4.69) is 31.6 Å². The summed E-state index contributed by atoms with van der Waals surface area (Å²) < 4.78 is 2.07. The lowest BCUT2D eigenvalue weighted by Gasteiger charge is -2.14. The van der Waals surface area contributed by atoms with Crippen LogP contribution in [-0.2, 0) is 11.3 Å². The summed E-state index contributed by atoms with van der Waals surface area (Å²) in [6, 6.07) is 9.54. The predicted molar refractivity (Wildman–Crippen MR) is 108 cm³/mol. The molecule has 4 rings (SSSR count). The molecule has 1 saturated carbocycles. The number of nitrogens with one attached hydrogen (secondary N) is 1. The molecule has 0 bridgehead atoms. The SMILES string of the molecule is C=CCn1c(SC(C)C(=O)Nc2cccc3ncccc23)nnc1C1CC1. The molecular weight excluding hydrogens is 358 g/mol. The van der Waals surface area contributed by atoms with Crippen molar-refractivity contribution in [2.75, 3.05) is 5.32 Å². The summed E-state index contributed by atoms with van der Waals surface area (Å²) >= 11 is 1.42. The number of nitrogens with zero attached hydrogens (tertiary/aromatic N) is 4. The van der Waals surface area contributed by atoms with Crippen molar-refractivity contribution in [1.29, 1.82) is 0 Å². The summed E-state index contributed by atoms with van der Waals surface area (Å²) in [6.07, 6.45) is 5.90. The van der Waals surface area contributed by atoms with Crippen LogP contribution in [0.1, 0.15) is 31.5 Å². The van der Waals surface area contributed by atoms with Crippen molar-refractivity contribution in [3.05, 3.63) is 55.0 Å². The van der Waals surface area contributed by atoms with Gasteiger partial charge in [-0.25, -0.2) is 0 Å². The molecular formula is C20H21N5OS. The molecule has 1 aliphatic carbocycles. The average molecular weight is 379 g/mol. The lowest BCUT2D eigenvalue weighted by molar-refractivity contribution is -0.115. The van der Waals surface area contributed by atoms with Gasteiger partial charge in [0, 0.05) is 24.0 Å². The number of hydrogen-bond donors (Lipinski definition) is 1. The van der Waals surface area contributed by atoms with Crippen molar-refractivity contribution in [2.45, 2.75) is 42.6 Å². The lowest BCUT2D eigenvalue weighted by Crippen LogP contribution is -2.23. The second-order valence-corrected chi connectivity index (χ2v) is 7.95. The van der Waals surface area contributed by atoms with Crippen LogP contribution in [0.25, 0.3) is 10.9 Å². The van der Waals surface area contributed by atoms with E-state index in [9.17, 15) is 4.79 Å². The zero-order chi connectivity index (χ0) is 18.8. The molecule has 1 amide bonds. The second kappa shape index (κ2) is 7.52. The average Bonchev–Trinajstić information content (AvgIpc) is 3.45. The third kappa shape index (κ3) is 3.73. The number of pyridine rings is 1. The third-order valence-corrected chi connectivity index (χ3v) is 5.64. The lowest BCUT2D eigenvalue weighted by atomic mass is 10.2. The number of aromatic nitrogens is 4. The van der Waals surface area contributed by atoms with Crippen LogP contribution in [0.5, 0.6) is 0 Å². The van der Waals surface area contributed by atoms with Crippen LogP contribution >= 0.6 is 11.8 Å². The van der Waals surface area contributed by atoms with Crippen LogP contribution in [0.15, 0.2) is 54.3 Å². The summed E-state index contributed by atoms with van der Waals surface area (Å²) in [5.41, 5.74) is 1.62. The summed E-state index contributed by atoms with van der Waals surface area (Å²) in [6.45, 7) is 6.37. The van der Waals surface area contributed by atoms with Crippen molar-refractivity contribution in [3.63, 3.8) is 0 Å². The molecule has 2 aromatic heterocycles. The Hall–Kier alpha value is -2.67. The number of rotatable bonds is 7. The second-order valence-electron chi connectivity index (χ2n) is 6.64. The monoisotopic (exact) mass is 379 g/mol. The maximum Gasteiger partial charge on any atom is 0.237 e. The van der Waals surface area contributed by atoms with Crippen molar-refractivity contribution < 1.29 is 4.79 Å². The Morgan fingerprint density at radius 2 is 2.22 bits per heavy atom. The van der Waals surface area contributed by atoms with E-state index in [4.69, 9.17) is 0 Å².